The van der Waals surface area contributed by atoms with Crippen LogP contribution < -0.4 is 5.73 Å². The van der Waals surface area contributed by atoms with Crippen LogP contribution in [0.3, 0.4) is 0 Å². The number of fused-ring (bicyclic) bond motifs is 2. The van der Waals surface area contributed by atoms with Crippen LogP contribution in [0.25, 0.3) is 27.1 Å². The van der Waals surface area contributed by atoms with Crippen LogP contribution in [-0.2, 0) is 6.42 Å². The number of aromatic amines is 1. The molecule has 3 N–H and O–H groups in total. The van der Waals surface area contributed by atoms with Crippen molar-refractivity contribution in [2.75, 3.05) is 6.54 Å². The summed E-state index contributed by atoms with van der Waals surface area (Å²) in [5, 5.41) is 11.8. The van der Waals surface area contributed by atoms with Gasteiger partial charge in [0.2, 0.25) is 4.96 Å². The van der Waals surface area contributed by atoms with E-state index in [9.17, 15) is 0 Å². The van der Waals surface area contributed by atoms with E-state index in [0.717, 1.165) is 28.4 Å². The normalized spacial score (nSPS) is 11.7. The first-order chi connectivity index (χ1) is 9.88. The van der Waals surface area contributed by atoms with Crippen LogP contribution in [0, 0.1) is 0 Å². The summed E-state index contributed by atoms with van der Waals surface area (Å²) in [4.78, 5) is 4.22. The minimum atomic E-state index is 0.573. The molecule has 0 atom stereocenters. The molecule has 0 aliphatic heterocycles. The van der Waals surface area contributed by atoms with Crippen LogP contribution in [0.2, 0.25) is 0 Å². The predicted octanol–water partition coefficient (Wildman–Crippen LogP) is 2.44. The van der Waals surface area contributed by atoms with E-state index in [0.29, 0.717) is 6.54 Å². The molecular formula is C14H13N5S. The van der Waals surface area contributed by atoms with Gasteiger partial charge in [0.1, 0.15) is 5.82 Å². The number of rotatable bonds is 3. The van der Waals surface area contributed by atoms with Gasteiger partial charge in [0.05, 0.1) is 5.69 Å². The Hall–Kier alpha value is -2.18. The molecule has 3 aromatic heterocycles. The first kappa shape index (κ1) is 11.6. The fourth-order valence-corrected chi connectivity index (χ4v) is 3.38. The number of para-hydroxylation sites is 1. The largest absolute Gasteiger partial charge is 0.360 e. The number of thiazole rings is 1. The molecule has 0 radical (unpaired) electrons. The van der Waals surface area contributed by atoms with Crippen molar-refractivity contribution in [2.45, 2.75) is 6.42 Å². The van der Waals surface area contributed by atoms with E-state index in [-0.39, 0.29) is 0 Å². The van der Waals surface area contributed by atoms with E-state index in [2.05, 4.69) is 43.2 Å². The predicted molar refractivity (Wildman–Crippen MR) is 80.9 cm³/mol. The van der Waals surface area contributed by atoms with Crippen LogP contribution in [0.4, 0.5) is 0 Å². The average molecular weight is 283 g/mol. The summed E-state index contributed by atoms with van der Waals surface area (Å²) in [7, 11) is 0. The van der Waals surface area contributed by atoms with E-state index in [1.165, 1.54) is 10.9 Å². The van der Waals surface area contributed by atoms with E-state index >= 15 is 0 Å². The summed E-state index contributed by atoms with van der Waals surface area (Å²) in [5.74, 6) is 0.920. The molecule has 0 saturated heterocycles. The lowest BCUT2D eigenvalue weighted by Gasteiger charge is -2.01. The van der Waals surface area contributed by atoms with Gasteiger partial charge < -0.3 is 10.7 Å². The third kappa shape index (κ3) is 1.59. The molecule has 0 saturated carbocycles. The molecule has 0 aliphatic rings. The van der Waals surface area contributed by atoms with Gasteiger partial charge in [-0.15, -0.1) is 21.5 Å². The smallest absolute Gasteiger partial charge is 0.216 e. The molecule has 4 aromatic rings. The van der Waals surface area contributed by atoms with Crippen molar-refractivity contribution in [3.8, 4) is 11.3 Å². The van der Waals surface area contributed by atoms with Gasteiger partial charge in [0.25, 0.3) is 0 Å². The fourth-order valence-electron chi connectivity index (χ4n) is 2.54. The highest BCUT2D eigenvalue weighted by molar-refractivity contribution is 7.15. The first-order valence-electron chi connectivity index (χ1n) is 6.46. The van der Waals surface area contributed by atoms with Crippen molar-refractivity contribution in [2.24, 2.45) is 5.73 Å². The number of aromatic nitrogens is 4. The van der Waals surface area contributed by atoms with Crippen LogP contribution in [0.1, 0.15) is 5.82 Å². The number of hydrogen-bond acceptors (Lipinski definition) is 4. The van der Waals surface area contributed by atoms with Crippen LogP contribution in [-0.4, -0.2) is 26.1 Å². The Morgan fingerprint density at radius 3 is 3.05 bits per heavy atom. The van der Waals surface area contributed by atoms with Gasteiger partial charge in [0, 0.05) is 34.5 Å². The van der Waals surface area contributed by atoms with Gasteiger partial charge in [-0.1, -0.05) is 18.2 Å². The Kier molecular flexibility index (Phi) is 2.58. The van der Waals surface area contributed by atoms with E-state index < -0.39 is 0 Å². The summed E-state index contributed by atoms with van der Waals surface area (Å²) in [6.45, 7) is 0.573. The Labute approximate surface area is 119 Å². The SMILES string of the molecule is NCCc1nnc2scc(-c3c[nH]c4ccccc34)n12. The first-order valence-corrected chi connectivity index (χ1v) is 7.34. The maximum Gasteiger partial charge on any atom is 0.216 e. The summed E-state index contributed by atoms with van der Waals surface area (Å²) in [6.07, 6.45) is 2.77. The average Bonchev–Trinajstić information content (AvgIpc) is 3.14. The quantitative estimate of drug-likeness (QED) is 0.606. The zero-order chi connectivity index (χ0) is 13.5. The van der Waals surface area contributed by atoms with Gasteiger partial charge >= 0.3 is 0 Å². The van der Waals surface area contributed by atoms with Crippen molar-refractivity contribution < 1.29 is 0 Å². The van der Waals surface area contributed by atoms with Crippen molar-refractivity contribution in [1.29, 1.82) is 0 Å². The minimum Gasteiger partial charge on any atom is -0.360 e. The zero-order valence-electron chi connectivity index (χ0n) is 10.7. The van der Waals surface area contributed by atoms with E-state index in [4.69, 9.17) is 5.73 Å². The summed E-state index contributed by atoms with van der Waals surface area (Å²) in [5.41, 5.74) is 9.08. The molecule has 0 spiro atoms. The Morgan fingerprint density at radius 1 is 1.25 bits per heavy atom. The number of nitrogens with one attached hydrogen (secondary N) is 1. The Balaban J connectivity index is 2.00. The van der Waals surface area contributed by atoms with Crippen molar-refractivity contribution in [3.05, 3.63) is 41.7 Å². The summed E-state index contributed by atoms with van der Waals surface area (Å²) in [6, 6.07) is 8.29. The molecule has 1 aromatic carbocycles. The molecule has 3 heterocycles. The van der Waals surface area contributed by atoms with Gasteiger partial charge in [-0.25, -0.2) is 0 Å². The molecule has 0 unspecified atom stereocenters. The Bertz CT molecular complexity index is 885. The van der Waals surface area contributed by atoms with Gasteiger partial charge in [-0.3, -0.25) is 4.40 Å². The lowest BCUT2D eigenvalue weighted by atomic mass is 10.1. The highest BCUT2D eigenvalue weighted by atomic mass is 32.1. The van der Waals surface area contributed by atoms with Crippen molar-refractivity contribution in [3.63, 3.8) is 0 Å². The standard InChI is InChI=1S/C14H13N5S/c15-6-5-13-17-18-14-19(13)12(8-20-14)10-7-16-11-4-2-1-3-9(10)11/h1-4,7-8,16H,5-6,15H2. The number of H-pyrrole nitrogens is 1. The van der Waals surface area contributed by atoms with Gasteiger partial charge in [-0.2, -0.15) is 0 Å². The fraction of sp³-hybridized carbons (Fsp3) is 0.143. The van der Waals surface area contributed by atoms with Crippen LogP contribution >= 0.6 is 11.3 Å². The number of benzene rings is 1. The highest BCUT2D eigenvalue weighted by Crippen LogP contribution is 2.32. The zero-order valence-corrected chi connectivity index (χ0v) is 11.5. The lowest BCUT2D eigenvalue weighted by Crippen LogP contribution is -2.06. The second-order valence-electron chi connectivity index (χ2n) is 4.64. The minimum absolute atomic E-state index is 0.573. The second kappa shape index (κ2) is 4.43. The van der Waals surface area contributed by atoms with Gasteiger partial charge in [0.15, 0.2) is 0 Å². The maximum absolute atomic E-state index is 5.65. The second-order valence-corrected chi connectivity index (χ2v) is 5.48. The molecule has 4 rings (SSSR count). The molecule has 20 heavy (non-hydrogen) atoms. The third-order valence-corrected chi connectivity index (χ3v) is 4.27. The monoisotopic (exact) mass is 283 g/mol. The molecule has 6 heteroatoms. The van der Waals surface area contributed by atoms with Crippen molar-refractivity contribution in [1.82, 2.24) is 19.6 Å². The highest BCUT2D eigenvalue weighted by Gasteiger charge is 2.15. The van der Waals surface area contributed by atoms with Crippen LogP contribution in [0.15, 0.2) is 35.8 Å². The maximum atomic E-state index is 5.65. The van der Waals surface area contributed by atoms with E-state index in [1.54, 1.807) is 11.3 Å². The lowest BCUT2D eigenvalue weighted by molar-refractivity contribution is 0.851. The number of nitrogens with two attached hydrogens (primary N) is 1. The molecule has 0 amide bonds. The van der Waals surface area contributed by atoms with E-state index in [1.807, 2.05) is 12.3 Å². The topological polar surface area (TPSA) is 72.0 Å². The Morgan fingerprint density at radius 2 is 2.15 bits per heavy atom. The summed E-state index contributed by atoms with van der Waals surface area (Å²) >= 11 is 1.60. The molecule has 5 nitrogen and oxygen atoms in total. The molecular weight excluding hydrogens is 270 g/mol. The molecule has 100 valence electrons. The van der Waals surface area contributed by atoms with Crippen molar-refractivity contribution >= 4 is 27.2 Å². The third-order valence-electron chi connectivity index (χ3n) is 3.45. The molecule has 0 aliphatic carbocycles. The number of hydrogen-bond donors (Lipinski definition) is 2. The van der Waals surface area contributed by atoms with Gasteiger partial charge in [-0.05, 0) is 12.6 Å². The molecule has 0 fully saturated rings. The summed E-state index contributed by atoms with van der Waals surface area (Å²) < 4.78 is 2.10. The molecule has 0 bridgehead atoms. The van der Waals surface area contributed by atoms with Crippen LogP contribution in [0.5, 0.6) is 0 Å². The number of nitrogens with zero attached hydrogens (tertiary/aromatic N) is 3.